The minimum atomic E-state index is -0.263. The van der Waals surface area contributed by atoms with Gasteiger partial charge in [-0.3, -0.25) is 0 Å². The summed E-state index contributed by atoms with van der Waals surface area (Å²) in [5, 5.41) is 5.64. The van der Waals surface area contributed by atoms with Gasteiger partial charge in [-0.15, -0.1) is 0 Å². The smallest absolute Gasteiger partial charge is 0.319 e. The number of para-hydroxylation sites is 2. The maximum absolute atomic E-state index is 11.9. The van der Waals surface area contributed by atoms with Crippen LogP contribution in [0, 0.1) is 5.92 Å². The molecule has 5 nitrogen and oxygen atoms in total. The molecule has 0 bridgehead atoms. The number of urea groups is 1. The number of nitrogens with two attached hydrogens (primary N) is 1. The van der Waals surface area contributed by atoms with Gasteiger partial charge in [0.25, 0.3) is 0 Å². The molecule has 1 aromatic rings. The Morgan fingerprint density at radius 3 is 2.63 bits per heavy atom. The van der Waals surface area contributed by atoms with Crippen LogP contribution in [0.25, 0.3) is 0 Å². The van der Waals surface area contributed by atoms with Crippen LogP contribution < -0.4 is 21.1 Å². The van der Waals surface area contributed by atoms with E-state index in [0.29, 0.717) is 23.9 Å². The number of hydrogen-bond acceptors (Lipinski definition) is 3. The van der Waals surface area contributed by atoms with Crippen LogP contribution in [0.2, 0.25) is 0 Å². The van der Waals surface area contributed by atoms with E-state index in [2.05, 4.69) is 24.5 Å². The summed E-state index contributed by atoms with van der Waals surface area (Å²) in [6.45, 7) is 4.63. The van der Waals surface area contributed by atoms with Crippen LogP contribution in [0.4, 0.5) is 10.5 Å². The molecule has 106 valence electrons. The molecule has 0 radical (unpaired) electrons. The summed E-state index contributed by atoms with van der Waals surface area (Å²) in [5.74, 6) is 1.12. The predicted molar refractivity (Wildman–Crippen MR) is 77.4 cm³/mol. The van der Waals surface area contributed by atoms with Crippen LogP contribution in [0.15, 0.2) is 24.3 Å². The third-order valence-corrected chi connectivity index (χ3v) is 2.73. The Kier molecular flexibility index (Phi) is 6.15. The Bertz CT molecular complexity index is 407. The maximum Gasteiger partial charge on any atom is 0.319 e. The molecule has 0 aromatic heterocycles. The normalized spacial score (nSPS) is 12.1. The number of methoxy groups -OCH3 is 1. The molecule has 2 amide bonds. The molecule has 1 aromatic carbocycles. The fourth-order valence-electron chi connectivity index (χ4n) is 1.87. The Balaban J connectivity index is 2.59. The van der Waals surface area contributed by atoms with Gasteiger partial charge in [0.2, 0.25) is 0 Å². The summed E-state index contributed by atoms with van der Waals surface area (Å²) in [5.41, 5.74) is 6.29. The van der Waals surface area contributed by atoms with Gasteiger partial charge in [-0.05, 0) is 24.5 Å². The zero-order valence-corrected chi connectivity index (χ0v) is 11.8. The van der Waals surface area contributed by atoms with E-state index < -0.39 is 0 Å². The number of nitrogens with one attached hydrogen (secondary N) is 2. The Morgan fingerprint density at radius 1 is 1.37 bits per heavy atom. The fourth-order valence-corrected chi connectivity index (χ4v) is 1.87. The van der Waals surface area contributed by atoms with Crippen molar-refractivity contribution < 1.29 is 9.53 Å². The molecule has 1 rings (SSSR count). The zero-order valence-electron chi connectivity index (χ0n) is 11.8. The SMILES string of the molecule is COc1ccccc1NC(=O)NC(CN)CC(C)C. The van der Waals surface area contributed by atoms with E-state index in [-0.39, 0.29) is 12.1 Å². The highest BCUT2D eigenvalue weighted by Gasteiger charge is 2.13. The van der Waals surface area contributed by atoms with Crippen molar-refractivity contribution in [3.8, 4) is 5.75 Å². The quantitative estimate of drug-likeness (QED) is 0.738. The molecule has 0 aliphatic carbocycles. The minimum absolute atomic E-state index is 0.0188. The van der Waals surface area contributed by atoms with Crippen molar-refractivity contribution in [3.63, 3.8) is 0 Å². The number of carbonyl (C=O) groups excluding carboxylic acids is 1. The molecule has 0 aliphatic rings. The van der Waals surface area contributed by atoms with E-state index in [1.165, 1.54) is 0 Å². The first-order valence-electron chi connectivity index (χ1n) is 6.47. The predicted octanol–water partition coefficient (Wildman–Crippen LogP) is 2.19. The summed E-state index contributed by atoms with van der Waals surface area (Å²) in [6.07, 6.45) is 0.857. The van der Waals surface area contributed by atoms with Crippen molar-refractivity contribution in [3.05, 3.63) is 24.3 Å². The molecular formula is C14H23N3O2. The second-order valence-corrected chi connectivity index (χ2v) is 4.86. The standard InChI is InChI=1S/C14H23N3O2/c1-10(2)8-11(9-15)16-14(18)17-12-6-4-5-7-13(12)19-3/h4-7,10-11H,8-9,15H2,1-3H3,(H2,16,17,18). The van der Waals surface area contributed by atoms with Crippen molar-refractivity contribution in [2.75, 3.05) is 19.0 Å². The van der Waals surface area contributed by atoms with Gasteiger partial charge in [-0.1, -0.05) is 26.0 Å². The van der Waals surface area contributed by atoms with E-state index in [1.54, 1.807) is 19.2 Å². The zero-order chi connectivity index (χ0) is 14.3. The average Bonchev–Trinajstić information content (AvgIpc) is 2.38. The number of anilines is 1. The van der Waals surface area contributed by atoms with E-state index in [9.17, 15) is 4.79 Å². The lowest BCUT2D eigenvalue weighted by Crippen LogP contribution is -2.43. The van der Waals surface area contributed by atoms with Gasteiger partial charge in [-0.2, -0.15) is 0 Å². The molecule has 0 saturated carbocycles. The average molecular weight is 265 g/mol. The van der Waals surface area contributed by atoms with Crippen molar-refractivity contribution in [2.45, 2.75) is 26.3 Å². The van der Waals surface area contributed by atoms with E-state index in [4.69, 9.17) is 10.5 Å². The van der Waals surface area contributed by atoms with Crippen molar-refractivity contribution >= 4 is 11.7 Å². The van der Waals surface area contributed by atoms with Crippen molar-refractivity contribution in [1.29, 1.82) is 0 Å². The molecule has 0 saturated heterocycles. The topological polar surface area (TPSA) is 76.4 Å². The molecule has 0 aliphatic heterocycles. The Labute approximate surface area is 114 Å². The second-order valence-electron chi connectivity index (χ2n) is 4.86. The van der Waals surface area contributed by atoms with E-state index in [0.717, 1.165) is 6.42 Å². The van der Waals surface area contributed by atoms with Gasteiger partial charge in [0.15, 0.2) is 0 Å². The Morgan fingerprint density at radius 2 is 2.05 bits per heavy atom. The molecule has 0 spiro atoms. The summed E-state index contributed by atoms with van der Waals surface area (Å²) >= 11 is 0. The fraction of sp³-hybridized carbons (Fsp3) is 0.500. The van der Waals surface area contributed by atoms with Gasteiger partial charge >= 0.3 is 6.03 Å². The van der Waals surface area contributed by atoms with Crippen LogP contribution in [-0.2, 0) is 0 Å². The number of carbonyl (C=O) groups is 1. The minimum Gasteiger partial charge on any atom is -0.495 e. The number of hydrogen-bond donors (Lipinski definition) is 3. The highest BCUT2D eigenvalue weighted by Crippen LogP contribution is 2.22. The third-order valence-electron chi connectivity index (χ3n) is 2.73. The van der Waals surface area contributed by atoms with Gasteiger partial charge < -0.3 is 21.1 Å². The first kappa shape index (κ1) is 15.3. The summed E-state index contributed by atoms with van der Waals surface area (Å²) in [7, 11) is 1.57. The number of benzene rings is 1. The van der Waals surface area contributed by atoms with Gasteiger partial charge in [-0.25, -0.2) is 4.79 Å². The van der Waals surface area contributed by atoms with Crippen LogP contribution in [0.3, 0.4) is 0 Å². The molecule has 5 heteroatoms. The first-order valence-corrected chi connectivity index (χ1v) is 6.47. The third kappa shape index (κ3) is 5.18. The van der Waals surface area contributed by atoms with E-state index >= 15 is 0 Å². The molecule has 0 fully saturated rings. The second kappa shape index (κ2) is 7.63. The molecule has 1 unspecified atom stereocenters. The monoisotopic (exact) mass is 265 g/mol. The summed E-state index contributed by atoms with van der Waals surface area (Å²) in [4.78, 5) is 11.9. The highest BCUT2D eigenvalue weighted by atomic mass is 16.5. The number of amides is 2. The largest absolute Gasteiger partial charge is 0.495 e. The molecular weight excluding hydrogens is 242 g/mol. The molecule has 19 heavy (non-hydrogen) atoms. The van der Waals surface area contributed by atoms with Gasteiger partial charge in [0.05, 0.1) is 12.8 Å². The lowest BCUT2D eigenvalue weighted by molar-refractivity contribution is 0.246. The van der Waals surface area contributed by atoms with Crippen LogP contribution in [0.5, 0.6) is 5.75 Å². The maximum atomic E-state index is 11.9. The van der Waals surface area contributed by atoms with E-state index in [1.807, 2.05) is 12.1 Å². The number of ether oxygens (including phenoxy) is 1. The molecule has 0 heterocycles. The lowest BCUT2D eigenvalue weighted by Gasteiger charge is -2.19. The van der Waals surface area contributed by atoms with Gasteiger partial charge in [0.1, 0.15) is 5.75 Å². The van der Waals surface area contributed by atoms with Crippen LogP contribution >= 0.6 is 0 Å². The van der Waals surface area contributed by atoms with Gasteiger partial charge in [0, 0.05) is 12.6 Å². The summed E-state index contributed by atoms with van der Waals surface area (Å²) < 4.78 is 5.17. The highest BCUT2D eigenvalue weighted by molar-refractivity contribution is 5.91. The number of rotatable bonds is 6. The molecule has 1 atom stereocenters. The first-order chi connectivity index (χ1) is 9.06. The van der Waals surface area contributed by atoms with Crippen LogP contribution in [-0.4, -0.2) is 25.7 Å². The summed E-state index contributed by atoms with van der Waals surface area (Å²) in [6, 6.07) is 6.99. The van der Waals surface area contributed by atoms with Crippen molar-refractivity contribution in [1.82, 2.24) is 5.32 Å². The lowest BCUT2D eigenvalue weighted by atomic mass is 10.0. The van der Waals surface area contributed by atoms with Crippen molar-refractivity contribution in [2.24, 2.45) is 11.7 Å². The molecule has 4 N–H and O–H groups in total. The van der Waals surface area contributed by atoms with Crippen LogP contribution in [0.1, 0.15) is 20.3 Å². The Hall–Kier alpha value is -1.75.